The van der Waals surface area contributed by atoms with Crippen LogP contribution in [-0.2, 0) is 24.3 Å². The Labute approximate surface area is 135 Å². The van der Waals surface area contributed by atoms with Gasteiger partial charge in [-0.05, 0) is 50.5 Å². The molecule has 126 valence electrons. The van der Waals surface area contributed by atoms with Crippen LogP contribution in [0.4, 0.5) is 11.4 Å². The fourth-order valence-corrected chi connectivity index (χ4v) is 4.15. The van der Waals surface area contributed by atoms with Gasteiger partial charge in [0.2, 0.25) is 10.0 Å². The zero-order valence-electron chi connectivity index (χ0n) is 13.2. The fraction of sp³-hybridized carbons (Fsp3) is 0.467. The van der Waals surface area contributed by atoms with Crippen molar-refractivity contribution >= 4 is 33.3 Å². The van der Waals surface area contributed by atoms with E-state index in [4.69, 9.17) is 0 Å². The third kappa shape index (κ3) is 4.01. The Hall–Kier alpha value is -2.09. The van der Waals surface area contributed by atoms with Gasteiger partial charge >= 0.3 is 11.9 Å². The van der Waals surface area contributed by atoms with Crippen molar-refractivity contribution in [2.45, 2.75) is 26.7 Å². The van der Waals surface area contributed by atoms with E-state index in [1.165, 1.54) is 4.31 Å². The van der Waals surface area contributed by atoms with E-state index in [0.717, 1.165) is 6.42 Å². The van der Waals surface area contributed by atoms with E-state index < -0.39 is 21.9 Å². The molecule has 0 aliphatic carbocycles. The maximum Gasteiger partial charge on any atom is 0.397 e. The number of nitrogens with one attached hydrogen (secondary N) is 1. The molecule has 0 spiro atoms. The zero-order chi connectivity index (χ0) is 17.0. The molecule has 7 nitrogen and oxygen atoms in total. The van der Waals surface area contributed by atoms with E-state index in [0.29, 0.717) is 29.9 Å². The van der Waals surface area contributed by atoms with Crippen molar-refractivity contribution in [1.29, 1.82) is 0 Å². The van der Waals surface area contributed by atoms with Crippen molar-refractivity contribution in [2.24, 2.45) is 0 Å². The van der Waals surface area contributed by atoms with Gasteiger partial charge in [0.15, 0.2) is 0 Å². The van der Waals surface area contributed by atoms with Crippen molar-refractivity contribution in [1.82, 2.24) is 0 Å². The number of esters is 1. The quantitative estimate of drug-likeness (QED) is 0.664. The van der Waals surface area contributed by atoms with E-state index in [1.807, 2.05) is 0 Å². The minimum atomic E-state index is -3.28. The molecule has 1 N–H and O–H groups in total. The van der Waals surface area contributed by atoms with Crippen molar-refractivity contribution in [3.63, 3.8) is 0 Å². The number of aryl methyl sites for hydroxylation is 1. The number of anilines is 2. The van der Waals surface area contributed by atoms with Gasteiger partial charge in [-0.1, -0.05) is 0 Å². The smallest absolute Gasteiger partial charge is 0.397 e. The van der Waals surface area contributed by atoms with Crippen molar-refractivity contribution < 1.29 is 22.7 Å². The van der Waals surface area contributed by atoms with Gasteiger partial charge in [-0.15, -0.1) is 0 Å². The second-order valence-electron chi connectivity index (χ2n) is 5.27. The van der Waals surface area contributed by atoms with Gasteiger partial charge in [0.05, 0.1) is 18.0 Å². The number of carbonyl (C=O) groups excluding carboxylic acids is 2. The van der Waals surface area contributed by atoms with Gasteiger partial charge in [0, 0.05) is 12.2 Å². The maximum absolute atomic E-state index is 12.2. The van der Waals surface area contributed by atoms with E-state index in [1.54, 1.807) is 32.0 Å². The second-order valence-corrected chi connectivity index (χ2v) is 7.28. The molecule has 1 saturated heterocycles. The Balaban J connectivity index is 2.18. The molecule has 23 heavy (non-hydrogen) atoms. The summed E-state index contributed by atoms with van der Waals surface area (Å²) in [5, 5.41) is 2.44. The summed E-state index contributed by atoms with van der Waals surface area (Å²) in [6, 6.07) is 4.85. The first-order valence-electron chi connectivity index (χ1n) is 7.44. The number of rotatable bonds is 3. The molecular weight excluding hydrogens is 320 g/mol. The number of amides is 1. The summed E-state index contributed by atoms with van der Waals surface area (Å²) in [6.07, 6.45) is 1.49. The number of benzene rings is 1. The van der Waals surface area contributed by atoms with E-state index in [2.05, 4.69) is 10.1 Å². The normalized spacial score (nSPS) is 16.7. The van der Waals surface area contributed by atoms with Crippen molar-refractivity contribution in [3.05, 3.63) is 23.8 Å². The first kappa shape index (κ1) is 17.3. The Morgan fingerprint density at radius 1 is 1.30 bits per heavy atom. The maximum atomic E-state index is 12.2. The van der Waals surface area contributed by atoms with Gasteiger partial charge in [-0.2, -0.15) is 0 Å². The number of ether oxygens (including phenoxy) is 1. The highest BCUT2D eigenvalue weighted by Gasteiger charge is 2.27. The lowest BCUT2D eigenvalue weighted by Gasteiger charge is -2.29. The lowest BCUT2D eigenvalue weighted by molar-refractivity contribution is -0.152. The van der Waals surface area contributed by atoms with Crippen LogP contribution in [0.25, 0.3) is 0 Å². The number of hydrogen-bond donors (Lipinski definition) is 1. The molecule has 0 radical (unpaired) electrons. The number of nitrogens with zero attached hydrogens (tertiary/aromatic N) is 1. The average Bonchev–Trinajstić information content (AvgIpc) is 2.48. The van der Waals surface area contributed by atoms with Crippen LogP contribution in [0.2, 0.25) is 0 Å². The summed E-state index contributed by atoms with van der Waals surface area (Å²) < 4.78 is 30.3. The predicted octanol–water partition coefficient (Wildman–Crippen LogP) is 1.43. The predicted molar refractivity (Wildman–Crippen MR) is 86.8 cm³/mol. The molecular formula is C15H20N2O5S. The molecule has 1 fully saturated rings. The molecule has 0 saturated carbocycles. The Morgan fingerprint density at radius 3 is 2.65 bits per heavy atom. The monoisotopic (exact) mass is 340 g/mol. The van der Waals surface area contributed by atoms with Crippen LogP contribution in [0.3, 0.4) is 0 Å². The third-order valence-corrected chi connectivity index (χ3v) is 5.39. The summed E-state index contributed by atoms with van der Waals surface area (Å²) in [6.45, 7) is 3.96. The lowest BCUT2D eigenvalue weighted by Crippen LogP contribution is -2.38. The zero-order valence-corrected chi connectivity index (χ0v) is 14.0. The molecule has 0 bridgehead atoms. The van der Waals surface area contributed by atoms with Crippen LogP contribution in [-0.4, -0.2) is 39.2 Å². The summed E-state index contributed by atoms with van der Waals surface area (Å²) in [5.41, 5.74) is 1.72. The van der Waals surface area contributed by atoms with E-state index in [9.17, 15) is 18.0 Å². The van der Waals surface area contributed by atoms with E-state index in [-0.39, 0.29) is 12.4 Å². The Morgan fingerprint density at radius 2 is 2.04 bits per heavy atom. The molecule has 8 heteroatoms. The van der Waals surface area contributed by atoms with Crippen LogP contribution < -0.4 is 9.62 Å². The Kier molecular flexibility index (Phi) is 5.25. The summed E-state index contributed by atoms with van der Waals surface area (Å²) in [7, 11) is -3.28. The van der Waals surface area contributed by atoms with Gasteiger partial charge in [0.25, 0.3) is 0 Å². The third-order valence-electron chi connectivity index (χ3n) is 3.53. The minimum absolute atomic E-state index is 0.122. The van der Waals surface area contributed by atoms with E-state index >= 15 is 0 Å². The van der Waals surface area contributed by atoms with Crippen LogP contribution >= 0.6 is 0 Å². The molecule has 1 amide bonds. The van der Waals surface area contributed by atoms with Crippen LogP contribution in [0.15, 0.2) is 18.2 Å². The molecule has 0 atom stereocenters. The molecule has 1 aromatic rings. The van der Waals surface area contributed by atoms with Crippen LogP contribution in [0, 0.1) is 6.92 Å². The Bertz CT molecular complexity index is 715. The summed E-state index contributed by atoms with van der Waals surface area (Å²) in [4.78, 5) is 22.9. The standard InChI is InChI=1S/C15H20N2O5S/c1-3-22-15(19)14(18)16-12-6-7-13(11(2)10-12)17-8-4-5-9-23(17,20)21/h6-7,10H,3-5,8-9H2,1-2H3,(H,16,18). The lowest BCUT2D eigenvalue weighted by atomic mass is 10.1. The minimum Gasteiger partial charge on any atom is -0.459 e. The molecule has 0 aromatic heterocycles. The summed E-state index contributed by atoms with van der Waals surface area (Å²) in [5.74, 6) is -1.66. The highest BCUT2D eigenvalue weighted by atomic mass is 32.2. The number of sulfonamides is 1. The van der Waals surface area contributed by atoms with Crippen molar-refractivity contribution in [2.75, 3.05) is 28.5 Å². The fourth-order valence-electron chi connectivity index (χ4n) is 2.45. The highest BCUT2D eigenvalue weighted by molar-refractivity contribution is 7.92. The van der Waals surface area contributed by atoms with Gasteiger partial charge in [-0.3, -0.25) is 9.10 Å². The highest BCUT2D eigenvalue weighted by Crippen LogP contribution is 2.28. The van der Waals surface area contributed by atoms with Crippen LogP contribution in [0.5, 0.6) is 0 Å². The van der Waals surface area contributed by atoms with Gasteiger partial charge in [-0.25, -0.2) is 13.2 Å². The first-order valence-corrected chi connectivity index (χ1v) is 9.05. The molecule has 1 aliphatic rings. The topological polar surface area (TPSA) is 92.8 Å². The molecule has 1 aromatic carbocycles. The molecule has 1 heterocycles. The number of hydrogen-bond acceptors (Lipinski definition) is 5. The molecule has 1 aliphatic heterocycles. The average molecular weight is 340 g/mol. The van der Waals surface area contributed by atoms with Crippen LogP contribution in [0.1, 0.15) is 25.3 Å². The molecule has 2 rings (SSSR count). The number of carbonyl (C=O) groups is 2. The van der Waals surface area contributed by atoms with Gasteiger partial charge < -0.3 is 10.1 Å². The molecule has 0 unspecified atom stereocenters. The SMILES string of the molecule is CCOC(=O)C(=O)Nc1ccc(N2CCCCS2(=O)=O)c(C)c1. The van der Waals surface area contributed by atoms with Gasteiger partial charge in [0.1, 0.15) is 0 Å². The van der Waals surface area contributed by atoms with Crippen molar-refractivity contribution in [3.8, 4) is 0 Å². The second kappa shape index (κ2) is 6.99. The largest absolute Gasteiger partial charge is 0.459 e. The first-order chi connectivity index (χ1) is 10.8. The summed E-state index contributed by atoms with van der Waals surface area (Å²) >= 11 is 0.